The van der Waals surface area contributed by atoms with E-state index in [1.165, 1.54) is 6.07 Å². The van der Waals surface area contributed by atoms with Crippen LogP contribution < -0.4 is 0 Å². The highest BCUT2D eigenvalue weighted by atomic mass is 19.1. The average molecular weight is 288 g/mol. The number of hydrogen-bond acceptors (Lipinski definition) is 2. The zero-order valence-corrected chi connectivity index (χ0v) is 11.6. The minimum atomic E-state index is -0.711. The molecule has 0 aliphatic heterocycles. The van der Waals surface area contributed by atoms with Gasteiger partial charge in [0.05, 0.1) is 17.0 Å². The maximum atomic E-state index is 13.5. The summed E-state index contributed by atoms with van der Waals surface area (Å²) < 4.78 is 15.7. The third-order valence-electron chi connectivity index (χ3n) is 4.74. The quantitative estimate of drug-likeness (QED) is 0.940. The molecule has 1 heterocycles. The van der Waals surface area contributed by atoms with Gasteiger partial charge in [-0.15, -0.1) is 0 Å². The summed E-state index contributed by atoms with van der Waals surface area (Å²) in [4.78, 5) is 15.8. The number of nitrogens with zero attached hydrogens (tertiary/aromatic N) is 2. The van der Waals surface area contributed by atoms with Crippen molar-refractivity contribution >= 4 is 17.0 Å². The van der Waals surface area contributed by atoms with Gasteiger partial charge >= 0.3 is 5.97 Å². The van der Waals surface area contributed by atoms with E-state index in [0.717, 1.165) is 36.1 Å². The summed E-state index contributed by atoms with van der Waals surface area (Å²) in [6.45, 7) is 0. The van der Waals surface area contributed by atoms with Gasteiger partial charge in [-0.3, -0.25) is 4.79 Å². The third kappa shape index (κ3) is 2.11. The number of hydrogen-bond donors (Lipinski definition) is 1. The Morgan fingerprint density at radius 3 is 2.76 bits per heavy atom. The molecule has 4 nitrogen and oxygen atoms in total. The van der Waals surface area contributed by atoms with Crippen molar-refractivity contribution in [3.8, 4) is 0 Å². The predicted octanol–water partition coefficient (Wildman–Crippen LogP) is 3.48. The summed E-state index contributed by atoms with van der Waals surface area (Å²) in [6, 6.07) is 5.12. The van der Waals surface area contributed by atoms with Gasteiger partial charge in [0.2, 0.25) is 0 Å². The maximum Gasteiger partial charge on any atom is 0.306 e. The Labute approximate surface area is 121 Å². The van der Waals surface area contributed by atoms with E-state index in [4.69, 9.17) is 10.1 Å². The minimum Gasteiger partial charge on any atom is -0.481 e. The van der Waals surface area contributed by atoms with Crippen LogP contribution in [0, 0.1) is 11.7 Å². The largest absolute Gasteiger partial charge is 0.481 e. The highest BCUT2D eigenvalue weighted by Crippen LogP contribution is 2.44. The molecule has 0 radical (unpaired) electrons. The molecule has 0 amide bonds. The molecule has 2 unspecified atom stereocenters. The summed E-state index contributed by atoms with van der Waals surface area (Å²) in [5.41, 5.74) is 1.67. The van der Waals surface area contributed by atoms with Crippen LogP contribution in [0.1, 0.15) is 49.9 Å². The molecule has 21 heavy (non-hydrogen) atoms. The summed E-state index contributed by atoms with van der Waals surface area (Å²) in [6.07, 6.45) is 4.42. The van der Waals surface area contributed by atoms with Crippen LogP contribution in [0.5, 0.6) is 0 Å². The van der Waals surface area contributed by atoms with E-state index in [1.807, 2.05) is 0 Å². The first-order valence-corrected chi connectivity index (χ1v) is 7.53. The van der Waals surface area contributed by atoms with Gasteiger partial charge in [0, 0.05) is 12.0 Å². The number of carboxylic acid groups (broad SMARTS) is 1. The zero-order valence-electron chi connectivity index (χ0n) is 11.6. The Morgan fingerprint density at radius 1 is 1.29 bits per heavy atom. The SMILES string of the molecule is O=C(O)C1CCC(c2nc3ccc(F)cc3n2C2CC2)C1. The van der Waals surface area contributed by atoms with Gasteiger partial charge < -0.3 is 9.67 Å². The number of imidazole rings is 1. The van der Waals surface area contributed by atoms with Crippen molar-refractivity contribution in [3.05, 3.63) is 29.8 Å². The molecule has 2 fully saturated rings. The van der Waals surface area contributed by atoms with Gasteiger partial charge in [-0.2, -0.15) is 0 Å². The number of halogens is 1. The van der Waals surface area contributed by atoms with Crippen LogP contribution in [-0.2, 0) is 4.79 Å². The second-order valence-electron chi connectivity index (χ2n) is 6.25. The fourth-order valence-corrected chi connectivity index (χ4v) is 3.53. The number of aromatic nitrogens is 2. The lowest BCUT2D eigenvalue weighted by molar-refractivity contribution is -0.141. The fraction of sp³-hybridized carbons (Fsp3) is 0.500. The molecule has 1 N–H and O–H groups in total. The highest BCUT2D eigenvalue weighted by molar-refractivity contribution is 5.77. The molecule has 2 saturated carbocycles. The molecule has 110 valence electrons. The maximum absolute atomic E-state index is 13.5. The number of fused-ring (bicyclic) bond motifs is 1. The van der Waals surface area contributed by atoms with E-state index < -0.39 is 5.97 Å². The number of benzene rings is 1. The van der Waals surface area contributed by atoms with E-state index in [9.17, 15) is 9.18 Å². The molecule has 5 heteroatoms. The van der Waals surface area contributed by atoms with Crippen molar-refractivity contribution in [2.75, 3.05) is 0 Å². The molecule has 1 aromatic carbocycles. The van der Waals surface area contributed by atoms with E-state index in [1.54, 1.807) is 12.1 Å². The lowest BCUT2D eigenvalue weighted by atomic mass is 10.0. The first kappa shape index (κ1) is 12.8. The normalized spacial score (nSPS) is 25.6. The molecule has 2 aromatic rings. The second kappa shape index (κ2) is 4.55. The summed E-state index contributed by atoms with van der Waals surface area (Å²) in [5.74, 6) is -0.0773. The second-order valence-corrected chi connectivity index (χ2v) is 6.25. The number of rotatable bonds is 3. The Morgan fingerprint density at radius 2 is 2.10 bits per heavy atom. The topological polar surface area (TPSA) is 55.1 Å². The fourth-order valence-electron chi connectivity index (χ4n) is 3.53. The van der Waals surface area contributed by atoms with Gasteiger partial charge in [-0.25, -0.2) is 9.37 Å². The first-order chi connectivity index (χ1) is 10.1. The molecule has 0 saturated heterocycles. The van der Waals surface area contributed by atoms with Crippen molar-refractivity contribution in [1.29, 1.82) is 0 Å². The number of aliphatic carboxylic acids is 1. The van der Waals surface area contributed by atoms with Crippen LogP contribution >= 0.6 is 0 Å². The average Bonchev–Trinajstić information content (AvgIpc) is 3.03. The predicted molar refractivity (Wildman–Crippen MR) is 75.7 cm³/mol. The van der Waals surface area contributed by atoms with Crippen molar-refractivity contribution in [1.82, 2.24) is 9.55 Å². The van der Waals surface area contributed by atoms with Crippen LogP contribution in [-0.4, -0.2) is 20.6 Å². The molecule has 0 spiro atoms. The van der Waals surface area contributed by atoms with Gasteiger partial charge in [0.25, 0.3) is 0 Å². The zero-order chi connectivity index (χ0) is 14.6. The van der Waals surface area contributed by atoms with E-state index in [-0.39, 0.29) is 17.7 Å². The Bertz CT molecular complexity index is 720. The van der Waals surface area contributed by atoms with Gasteiger partial charge in [-0.05, 0) is 50.3 Å². The van der Waals surface area contributed by atoms with Crippen LogP contribution in [0.2, 0.25) is 0 Å². The lowest BCUT2D eigenvalue weighted by Gasteiger charge is -2.13. The molecule has 2 atom stereocenters. The van der Waals surface area contributed by atoms with Crippen molar-refractivity contribution in [2.45, 2.75) is 44.1 Å². The summed E-state index contributed by atoms with van der Waals surface area (Å²) in [7, 11) is 0. The third-order valence-corrected chi connectivity index (χ3v) is 4.74. The Hall–Kier alpha value is -1.91. The lowest BCUT2D eigenvalue weighted by Crippen LogP contribution is -2.11. The number of carboxylic acids is 1. The van der Waals surface area contributed by atoms with Gasteiger partial charge in [-0.1, -0.05) is 0 Å². The van der Waals surface area contributed by atoms with E-state index in [2.05, 4.69) is 4.57 Å². The molecule has 4 rings (SSSR count). The van der Waals surface area contributed by atoms with Crippen LogP contribution in [0.3, 0.4) is 0 Å². The monoisotopic (exact) mass is 288 g/mol. The first-order valence-electron chi connectivity index (χ1n) is 7.53. The van der Waals surface area contributed by atoms with Crippen molar-refractivity contribution in [2.24, 2.45) is 5.92 Å². The summed E-state index contributed by atoms with van der Waals surface area (Å²) >= 11 is 0. The molecular weight excluding hydrogens is 271 g/mol. The molecule has 1 aromatic heterocycles. The smallest absolute Gasteiger partial charge is 0.306 e. The Kier molecular flexibility index (Phi) is 2.77. The minimum absolute atomic E-state index is 0.183. The molecule has 0 bridgehead atoms. The molecule has 2 aliphatic rings. The van der Waals surface area contributed by atoms with Crippen LogP contribution in [0.4, 0.5) is 4.39 Å². The molecule has 2 aliphatic carbocycles. The van der Waals surface area contributed by atoms with E-state index >= 15 is 0 Å². The van der Waals surface area contributed by atoms with Gasteiger partial charge in [0.15, 0.2) is 0 Å². The summed E-state index contributed by atoms with van der Waals surface area (Å²) in [5, 5.41) is 9.17. The highest BCUT2D eigenvalue weighted by Gasteiger charge is 2.36. The van der Waals surface area contributed by atoms with Gasteiger partial charge in [0.1, 0.15) is 11.6 Å². The number of carbonyl (C=O) groups is 1. The van der Waals surface area contributed by atoms with E-state index in [0.29, 0.717) is 18.9 Å². The van der Waals surface area contributed by atoms with Crippen molar-refractivity contribution < 1.29 is 14.3 Å². The van der Waals surface area contributed by atoms with Crippen LogP contribution in [0.15, 0.2) is 18.2 Å². The Balaban J connectivity index is 1.78. The van der Waals surface area contributed by atoms with Crippen LogP contribution in [0.25, 0.3) is 11.0 Å². The molecular formula is C16H17FN2O2. The van der Waals surface area contributed by atoms with Crippen molar-refractivity contribution in [3.63, 3.8) is 0 Å². The standard InChI is InChI=1S/C16H17FN2O2/c17-11-3-6-13-14(8-11)19(12-4-5-12)15(18-13)9-1-2-10(7-9)16(20)21/h3,6,8-10,12H,1-2,4-5,7H2,(H,20,21).